The highest BCUT2D eigenvalue weighted by molar-refractivity contribution is 7.89. The van der Waals surface area contributed by atoms with Crippen LogP contribution in [0.4, 0.5) is 0 Å². The number of hydrogen-bond acceptors (Lipinski definition) is 4. The first-order chi connectivity index (χ1) is 14.0. The van der Waals surface area contributed by atoms with E-state index in [-0.39, 0.29) is 21.8 Å². The molecule has 30 heavy (non-hydrogen) atoms. The maximum atomic E-state index is 13.0. The predicted molar refractivity (Wildman–Crippen MR) is 113 cm³/mol. The first-order valence-corrected chi connectivity index (χ1v) is 12.2. The van der Waals surface area contributed by atoms with Gasteiger partial charge in [-0.3, -0.25) is 20.4 Å². The molecule has 0 radical (unpaired) electrons. The lowest BCUT2D eigenvalue weighted by Gasteiger charge is -2.55. The number of hydrazine groups is 1. The zero-order valence-electron chi connectivity index (χ0n) is 17.8. The molecule has 0 saturated heterocycles. The first kappa shape index (κ1) is 21.3. The second kappa shape index (κ2) is 7.34. The van der Waals surface area contributed by atoms with Crippen molar-refractivity contribution in [3.05, 3.63) is 29.8 Å². The smallest absolute Gasteiger partial charge is 0.269 e. The van der Waals surface area contributed by atoms with Crippen LogP contribution in [-0.2, 0) is 14.8 Å². The highest BCUT2D eigenvalue weighted by atomic mass is 32.2. The van der Waals surface area contributed by atoms with E-state index in [1.807, 2.05) is 0 Å². The molecular formula is C22H31N3O4S. The van der Waals surface area contributed by atoms with Gasteiger partial charge in [0, 0.05) is 11.1 Å². The van der Waals surface area contributed by atoms with Gasteiger partial charge in [-0.1, -0.05) is 6.07 Å². The lowest BCUT2D eigenvalue weighted by molar-refractivity contribution is -0.147. The Morgan fingerprint density at radius 1 is 0.967 bits per heavy atom. The third kappa shape index (κ3) is 4.25. The number of benzene rings is 1. The Balaban J connectivity index is 1.42. The summed E-state index contributed by atoms with van der Waals surface area (Å²) in [6, 6.07) is 5.81. The quantitative estimate of drug-likeness (QED) is 0.635. The molecule has 1 aromatic rings. The third-order valence-corrected chi connectivity index (χ3v) is 8.41. The third-order valence-electron chi connectivity index (χ3n) is 6.66. The Morgan fingerprint density at radius 3 is 2.07 bits per heavy atom. The van der Waals surface area contributed by atoms with Crippen LogP contribution in [0.3, 0.4) is 0 Å². The summed E-state index contributed by atoms with van der Waals surface area (Å²) >= 11 is 0. The van der Waals surface area contributed by atoms with Gasteiger partial charge in [0.1, 0.15) is 0 Å². The van der Waals surface area contributed by atoms with E-state index in [2.05, 4.69) is 15.6 Å². The average molecular weight is 434 g/mol. The van der Waals surface area contributed by atoms with Crippen LogP contribution in [-0.4, -0.2) is 25.8 Å². The second-order valence-corrected chi connectivity index (χ2v) is 12.2. The van der Waals surface area contributed by atoms with Crippen LogP contribution >= 0.6 is 0 Å². The van der Waals surface area contributed by atoms with Crippen molar-refractivity contribution in [1.29, 1.82) is 0 Å². The van der Waals surface area contributed by atoms with Gasteiger partial charge < -0.3 is 0 Å². The van der Waals surface area contributed by atoms with Crippen molar-refractivity contribution in [3.63, 3.8) is 0 Å². The molecule has 4 aliphatic carbocycles. The Labute approximate surface area is 178 Å². The van der Waals surface area contributed by atoms with E-state index < -0.39 is 21.5 Å². The van der Waals surface area contributed by atoms with Crippen LogP contribution in [0.15, 0.2) is 29.2 Å². The Kier molecular flexibility index (Phi) is 5.21. The summed E-state index contributed by atoms with van der Waals surface area (Å²) in [5.74, 6) is 1.27. The number of carbonyl (C=O) groups is 2. The fraction of sp³-hybridized carbons (Fsp3) is 0.636. The van der Waals surface area contributed by atoms with E-state index in [0.717, 1.165) is 19.3 Å². The van der Waals surface area contributed by atoms with Crippen molar-refractivity contribution >= 4 is 21.8 Å². The van der Waals surface area contributed by atoms with Crippen molar-refractivity contribution in [1.82, 2.24) is 15.6 Å². The predicted octanol–water partition coefficient (Wildman–Crippen LogP) is 2.74. The number of nitrogens with one attached hydrogen (secondary N) is 3. The minimum absolute atomic E-state index is 0.0116. The van der Waals surface area contributed by atoms with Gasteiger partial charge in [-0.15, -0.1) is 0 Å². The number of hydrogen-bond donors (Lipinski definition) is 3. The first-order valence-electron chi connectivity index (χ1n) is 10.7. The summed E-state index contributed by atoms with van der Waals surface area (Å²) in [6.45, 7) is 5.25. The van der Waals surface area contributed by atoms with Gasteiger partial charge in [0.15, 0.2) is 0 Å². The topological polar surface area (TPSA) is 104 Å². The molecule has 4 saturated carbocycles. The van der Waals surface area contributed by atoms with E-state index in [9.17, 15) is 18.0 Å². The van der Waals surface area contributed by atoms with Gasteiger partial charge in [-0.05, 0) is 95.2 Å². The maximum absolute atomic E-state index is 13.0. The van der Waals surface area contributed by atoms with Gasteiger partial charge >= 0.3 is 0 Å². The number of amides is 2. The molecule has 0 spiro atoms. The molecule has 0 heterocycles. The van der Waals surface area contributed by atoms with Crippen molar-refractivity contribution < 1.29 is 18.0 Å². The molecule has 8 heteroatoms. The van der Waals surface area contributed by atoms with Gasteiger partial charge in [-0.25, -0.2) is 13.1 Å². The van der Waals surface area contributed by atoms with Gasteiger partial charge in [0.2, 0.25) is 15.9 Å². The summed E-state index contributed by atoms with van der Waals surface area (Å²) in [7, 11) is -3.75. The fourth-order valence-corrected chi connectivity index (χ4v) is 7.44. The molecule has 4 fully saturated rings. The average Bonchev–Trinajstić information content (AvgIpc) is 2.63. The van der Waals surface area contributed by atoms with Crippen LogP contribution in [0.25, 0.3) is 0 Å². The fourth-order valence-electron chi connectivity index (χ4n) is 5.97. The standard InChI is InChI=1S/C22H31N3O4S/c1-21(2,3)25-30(28,29)18-6-4-5-17(10-18)19(26)23-24-20(27)22-11-14-7-15(12-22)9-16(8-14)13-22/h4-6,10,14-16,25H,7-9,11-13H2,1-3H3,(H,23,26)(H,24,27). The molecule has 164 valence electrons. The van der Waals surface area contributed by atoms with Crippen LogP contribution in [0.1, 0.15) is 69.7 Å². The summed E-state index contributed by atoms with van der Waals surface area (Å²) in [6.07, 6.45) is 6.45. The molecule has 0 aromatic heterocycles. The van der Waals surface area contributed by atoms with E-state index in [1.165, 1.54) is 43.5 Å². The Hall–Kier alpha value is -1.93. The molecule has 1 aromatic carbocycles. The Morgan fingerprint density at radius 2 is 1.53 bits per heavy atom. The normalized spacial score (nSPS) is 30.2. The molecule has 0 aliphatic heterocycles. The van der Waals surface area contributed by atoms with E-state index in [0.29, 0.717) is 17.8 Å². The van der Waals surface area contributed by atoms with E-state index in [4.69, 9.17) is 0 Å². The van der Waals surface area contributed by atoms with Crippen LogP contribution in [0.5, 0.6) is 0 Å². The SMILES string of the molecule is CC(C)(C)NS(=O)(=O)c1cccc(C(=O)NNC(=O)C23CC4CC(CC(C4)C2)C3)c1. The molecule has 4 aliphatic rings. The lowest BCUT2D eigenvalue weighted by Crippen LogP contribution is -2.56. The molecule has 2 amide bonds. The molecule has 0 unspecified atom stereocenters. The van der Waals surface area contributed by atoms with Crippen molar-refractivity contribution in [2.75, 3.05) is 0 Å². The molecule has 5 rings (SSSR count). The lowest BCUT2D eigenvalue weighted by atomic mass is 9.49. The summed E-state index contributed by atoms with van der Waals surface area (Å²) in [4.78, 5) is 25.6. The second-order valence-electron chi connectivity index (χ2n) is 10.5. The number of sulfonamides is 1. The molecule has 0 atom stereocenters. The van der Waals surface area contributed by atoms with Gasteiger partial charge in [-0.2, -0.15) is 0 Å². The minimum Gasteiger partial charge on any atom is -0.273 e. The van der Waals surface area contributed by atoms with Crippen molar-refractivity contribution in [2.24, 2.45) is 23.2 Å². The van der Waals surface area contributed by atoms with Gasteiger partial charge in [0.05, 0.1) is 10.3 Å². The summed E-state index contributed by atoms with van der Waals surface area (Å²) < 4.78 is 27.6. The van der Waals surface area contributed by atoms with Crippen LogP contribution in [0.2, 0.25) is 0 Å². The molecule has 3 N–H and O–H groups in total. The van der Waals surface area contributed by atoms with Crippen molar-refractivity contribution in [2.45, 2.75) is 69.7 Å². The van der Waals surface area contributed by atoms with Crippen LogP contribution < -0.4 is 15.6 Å². The van der Waals surface area contributed by atoms with Gasteiger partial charge in [0.25, 0.3) is 5.91 Å². The maximum Gasteiger partial charge on any atom is 0.269 e. The highest BCUT2D eigenvalue weighted by Crippen LogP contribution is 2.60. The summed E-state index contributed by atoms with van der Waals surface area (Å²) in [5.41, 5.74) is 4.31. The van der Waals surface area contributed by atoms with E-state index in [1.54, 1.807) is 20.8 Å². The highest BCUT2D eigenvalue weighted by Gasteiger charge is 2.54. The Bertz CT molecular complexity index is 930. The number of rotatable bonds is 4. The van der Waals surface area contributed by atoms with Crippen LogP contribution in [0, 0.1) is 23.2 Å². The zero-order valence-corrected chi connectivity index (χ0v) is 18.6. The molecule has 4 bridgehead atoms. The van der Waals surface area contributed by atoms with Crippen molar-refractivity contribution in [3.8, 4) is 0 Å². The van der Waals surface area contributed by atoms with E-state index >= 15 is 0 Å². The molecular weight excluding hydrogens is 402 g/mol. The zero-order chi connectivity index (χ0) is 21.7. The summed E-state index contributed by atoms with van der Waals surface area (Å²) in [5, 5.41) is 0. The minimum atomic E-state index is -3.75. The monoisotopic (exact) mass is 433 g/mol. The number of carbonyl (C=O) groups excluding carboxylic acids is 2. The largest absolute Gasteiger partial charge is 0.273 e. The molecule has 7 nitrogen and oxygen atoms in total.